The van der Waals surface area contributed by atoms with Crippen LogP contribution in [0.15, 0.2) is 77.7 Å². The Labute approximate surface area is 210 Å². The monoisotopic (exact) mass is 508 g/mol. The van der Waals surface area contributed by atoms with Crippen molar-refractivity contribution >= 4 is 39.1 Å². The Kier molecular flexibility index (Phi) is 8.97. The molecule has 0 aliphatic heterocycles. The summed E-state index contributed by atoms with van der Waals surface area (Å²) in [7, 11) is -3.95. The fraction of sp³-hybridized carbons (Fsp3) is 0.222. The highest BCUT2D eigenvalue weighted by Gasteiger charge is 2.18. The second-order valence-electron chi connectivity index (χ2n) is 8.16. The first-order valence-corrected chi connectivity index (χ1v) is 13.0. The SMILES string of the molecule is CCCCc1ccc(NS(=O)(=O)c2cccc(C(=O)OCC(=O)Nc3ccccc3C(C)=O)c2)cc1. The molecule has 0 heterocycles. The first-order valence-electron chi connectivity index (χ1n) is 11.5. The average Bonchev–Trinajstić information content (AvgIpc) is 2.87. The fourth-order valence-corrected chi connectivity index (χ4v) is 4.53. The van der Waals surface area contributed by atoms with E-state index < -0.39 is 28.5 Å². The first-order chi connectivity index (χ1) is 17.2. The molecule has 3 aromatic rings. The molecule has 0 spiro atoms. The number of amides is 1. The summed E-state index contributed by atoms with van der Waals surface area (Å²) >= 11 is 0. The molecule has 0 fully saturated rings. The van der Waals surface area contributed by atoms with Gasteiger partial charge in [-0.2, -0.15) is 0 Å². The van der Waals surface area contributed by atoms with E-state index in [9.17, 15) is 22.8 Å². The molecule has 188 valence electrons. The minimum Gasteiger partial charge on any atom is -0.452 e. The number of ketones is 1. The highest BCUT2D eigenvalue weighted by molar-refractivity contribution is 7.92. The van der Waals surface area contributed by atoms with Crippen molar-refractivity contribution in [2.45, 2.75) is 38.0 Å². The predicted molar refractivity (Wildman–Crippen MR) is 138 cm³/mol. The van der Waals surface area contributed by atoms with Gasteiger partial charge in [0.1, 0.15) is 0 Å². The van der Waals surface area contributed by atoms with Crippen LogP contribution >= 0.6 is 0 Å². The largest absolute Gasteiger partial charge is 0.452 e. The first kappa shape index (κ1) is 26.6. The summed E-state index contributed by atoms with van der Waals surface area (Å²) in [5.41, 5.74) is 2.15. The van der Waals surface area contributed by atoms with E-state index in [1.807, 2.05) is 12.1 Å². The van der Waals surface area contributed by atoms with Crippen LogP contribution in [-0.2, 0) is 26.0 Å². The van der Waals surface area contributed by atoms with Crippen LogP contribution in [-0.4, -0.2) is 32.7 Å². The third-order valence-electron chi connectivity index (χ3n) is 5.32. The minimum absolute atomic E-state index is 0.0234. The number of nitrogens with one attached hydrogen (secondary N) is 2. The van der Waals surface area contributed by atoms with Crippen molar-refractivity contribution < 1.29 is 27.5 Å². The molecule has 0 radical (unpaired) electrons. The summed E-state index contributed by atoms with van der Waals surface area (Å²) < 4.78 is 33.2. The fourth-order valence-electron chi connectivity index (χ4n) is 3.42. The summed E-state index contributed by atoms with van der Waals surface area (Å²) in [6.45, 7) is 2.88. The van der Waals surface area contributed by atoms with E-state index in [1.54, 1.807) is 36.4 Å². The zero-order valence-electron chi connectivity index (χ0n) is 20.1. The summed E-state index contributed by atoms with van der Waals surface area (Å²) in [6.07, 6.45) is 3.06. The number of benzene rings is 3. The molecule has 2 N–H and O–H groups in total. The van der Waals surface area contributed by atoms with Crippen molar-refractivity contribution in [3.63, 3.8) is 0 Å². The molecule has 0 aromatic heterocycles. The van der Waals surface area contributed by atoms with E-state index in [2.05, 4.69) is 17.0 Å². The van der Waals surface area contributed by atoms with Crippen LogP contribution in [0.25, 0.3) is 0 Å². The number of Topliss-reactive ketones (excluding diaryl/α,β-unsaturated/α-hetero) is 1. The normalized spacial score (nSPS) is 10.9. The third-order valence-corrected chi connectivity index (χ3v) is 6.70. The highest BCUT2D eigenvalue weighted by atomic mass is 32.2. The summed E-state index contributed by atoms with van der Waals surface area (Å²) in [5.74, 6) is -1.71. The van der Waals surface area contributed by atoms with Crippen LogP contribution in [0.4, 0.5) is 11.4 Å². The van der Waals surface area contributed by atoms with Gasteiger partial charge < -0.3 is 10.1 Å². The lowest BCUT2D eigenvalue weighted by molar-refractivity contribution is -0.119. The standard InChI is InChI=1S/C27H28N2O6S/c1-3-4-8-20-13-15-22(16-14-20)29-36(33,34)23-10-7-9-21(17-23)27(32)35-18-26(31)28-25-12-6-5-11-24(25)19(2)30/h5-7,9-17,29H,3-4,8,18H2,1-2H3,(H,28,31). The minimum atomic E-state index is -3.95. The Morgan fingerprint density at radius 3 is 2.33 bits per heavy atom. The molecular weight excluding hydrogens is 480 g/mol. The van der Waals surface area contributed by atoms with Crippen LogP contribution in [0.3, 0.4) is 0 Å². The number of ether oxygens (including phenoxy) is 1. The lowest BCUT2D eigenvalue weighted by Crippen LogP contribution is -2.22. The zero-order chi connectivity index (χ0) is 26.1. The van der Waals surface area contributed by atoms with Crippen LogP contribution in [0.1, 0.15) is 53.0 Å². The van der Waals surface area contributed by atoms with E-state index in [1.165, 1.54) is 31.2 Å². The number of unbranched alkanes of at least 4 members (excludes halogenated alkanes) is 1. The second-order valence-corrected chi connectivity index (χ2v) is 9.84. The van der Waals surface area contributed by atoms with Gasteiger partial charge in [0, 0.05) is 11.3 Å². The number of rotatable bonds is 11. The van der Waals surface area contributed by atoms with Crippen molar-refractivity contribution in [2.75, 3.05) is 16.6 Å². The highest BCUT2D eigenvalue weighted by Crippen LogP contribution is 2.19. The Morgan fingerprint density at radius 2 is 1.64 bits per heavy atom. The number of carbonyl (C=O) groups is 3. The Morgan fingerprint density at radius 1 is 0.917 bits per heavy atom. The van der Waals surface area contributed by atoms with Gasteiger partial charge in [0.15, 0.2) is 12.4 Å². The molecule has 0 saturated heterocycles. The third kappa shape index (κ3) is 7.26. The van der Waals surface area contributed by atoms with Gasteiger partial charge in [-0.1, -0.05) is 43.7 Å². The molecule has 0 unspecified atom stereocenters. The van der Waals surface area contributed by atoms with Crippen LogP contribution < -0.4 is 10.0 Å². The molecular formula is C27H28N2O6S. The molecule has 0 aliphatic carbocycles. The zero-order valence-corrected chi connectivity index (χ0v) is 20.9. The Bertz CT molecular complexity index is 1350. The molecule has 0 aliphatic rings. The predicted octanol–water partition coefficient (Wildman–Crippen LogP) is 4.83. The van der Waals surface area contributed by atoms with Crippen molar-refractivity contribution in [1.29, 1.82) is 0 Å². The van der Waals surface area contributed by atoms with Crippen molar-refractivity contribution in [1.82, 2.24) is 0 Å². The van der Waals surface area contributed by atoms with Crippen molar-refractivity contribution in [2.24, 2.45) is 0 Å². The van der Waals surface area contributed by atoms with Crippen LogP contribution in [0.5, 0.6) is 0 Å². The van der Waals surface area contributed by atoms with E-state index in [0.717, 1.165) is 24.8 Å². The summed E-state index contributed by atoms with van der Waals surface area (Å²) in [4.78, 5) is 36.3. The van der Waals surface area contributed by atoms with E-state index >= 15 is 0 Å². The lowest BCUT2D eigenvalue weighted by atomic mass is 10.1. The number of hydrogen-bond donors (Lipinski definition) is 2. The van der Waals surface area contributed by atoms with Crippen molar-refractivity contribution in [3.05, 3.63) is 89.5 Å². The van der Waals surface area contributed by atoms with E-state index in [0.29, 0.717) is 16.9 Å². The summed E-state index contributed by atoms with van der Waals surface area (Å²) in [6, 6.07) is 19.0. The lowest BCUT2D eigenvalue weighted by Gasteiger charge is -2.11. The van der Waals surface area contributed by atoms with Gasteiger partial charge in [-0.15, -0.1) is 0 Å². The molecule has 3 aromatic carbocycles. The Balaban J connectivity index is 1.62. The quantitative estimate of drug-likeness (QED) is 0.283. The van der Waals surface area contributed by atoms with Crippen LogP contribution in [0.2, 0.25) is 0 Å². The average molecular weight is 509 g/mol. The van der Waals surface area contributed by atoms with Crippen LogP contribution in [0, 0.1) is 0 Å². The molecule has 0 bridgehead atoms. The van der Waals surface area contributed by atoms with Gasteiger partial charge in [0.2, 0.25) is 0 Å². The molecule has 36 heavy (non-hydrogen) atoms. The maximum atomic E-state index is 12.8. The van der Waals surface area contributed by atoms with Gasteiger partial charge in [-0.25, -0.2) is 13.2 Å². The van der Waals surface area contributed by atoms with Gasteiger partial charge in [0.25, 0.3) is 15.9 Å². The number of para-hydroxylation sites is 1. The maximum absolute atomic E-state index is 12.8. The number of sulfonamides is 1. The van der Waals surface area contributed by atoms with Gasteiger partial charge in [-0.3, -0.25) is 14.3 Å². The molecule has 8 nitrogen and oxygen atoms in total. The molecule has 3 rings (SSSR count). The van der Waals surface area contributed by atoms with E-state index in [4.69, 9.17) is 4.74 Å². The molecule has 9 heteroatoms. The van der Waals surface area contributed by atoms with E-state index in [-0.39, 0.29) is 16.2 Å². The Hall–Kier alpha value is -3.98. The molecule has 0 saturated carbocycles. The maximum Gasteiger partial charge on any atom is 0.338 e. The van der Waals surface area contributed by atoms with Gasteiger partial charge in [0.05, 0.1) is 16.1 Å². The topological polar surface area (TPSA) is 119 Å². The van der Waals surface area contributed by atoms with Gasteiger partial charge in [-0.05, 0) is 67.8 Å². The number of hydrogen-bond acceptors (Lipinski definition) is 6. The number of anilines is 2. The number of carbonyl (C=O) groups excluding carboxylic acids is 3. The molecule has 0 atom stereocenters. The van der Waals surface area contributed by atoms with Gasteiger partial charge >= 0.3 is 5.97 Å². The van der Waals surface area contributed by atoms with Crippen molar-refractivity contribution in [3.8, 4) is 0 Å². The second kappa shape index (κ2) is 12.1. The smallest absolute Gasteiger partial charge is 0.338 e. The number of aryl methyl sites for hydroxylation is 1. The number of esters is 1. The molecule has 1 amide bonds. The summed E-state index contributed by atoms with van der Waals surface area (Å²) in [5, 5.41) is 2.53.